The summed E-state index contributed by atoms with van der Waals surface area (Å²) >= 11 is -2.15. The average molecular weight is 405 g/mol. The molecule has 1 aliphatic carbocycles. The van der Waals surface area contributed by atoms with Crippen LogP contribution in [0.4, 0.5) is 0 Å². The first-order valence-electron chi connectivity index (χ1n) is 8.59. The van der Waals surface area contributed by atoms with Crippen LogP contribution in [0, 0.1) is 5.41 Å². The van der Waals surface area contributed by atoms with Gasteiger partial charge in [-0.15, -0.1) is 0 Å². The molecule has 0 radical (unpaired) electrons. The molecule has 22 heavy (non-hydrogen) atoms. The Bertz CT molecular complexity index is 526. The molecule has 0 amide bonds. The van der Waals surface area contributed by atoms with E-state index in [1.165, 1.54) is 22.0 Å². The predicted octanol–water partition coefficient (Wildman–Crippen LogP) is 5.57. The molecule has 1 unspecified atom stereocenters. The number of ketones is 1. The molecule has 1 nitrogen and oxygen atoms in total. The Hall–Kier alpha value is -0.571. The maximum absolute atomic E-state index is 13.0. The number of benzene rings is 1. The Morgan fingerprint density at radius 1 is 1.14 bits per heavy atom. The molecule has 0 spiro atoms. The number of rotatable bonds is 5. The molecule has 0 heterocycles. The zero-order valence-electron chi connectivity index (χ0n) is 14.5. The molecule has 0 aromatic heterocycles. The number of Topliss-reactive ketones (excluding diaryl/α,β-unsaturated/α-hetero) is 1. The summed E-state index contributed by atoms with van der Waals surface area (Å²) in [5.41, 5.74) is 1.12. The van der Waals surface area contributed by atoms with Gasteiger partial charge in [0, 0.05) is 0 Å². The van der Waals surface area contributed by atoms with E-state index in [2.05, 4.69) is 51.7 Å². The van der Waals surface area contributed by atoms with Crippen molar-refractivity contribution in [2.45, 2.75) is 59.8 Å². The van der Waals surface area contributed by atoms with E-state index in [-0.39, 0.29) is 5.41 Å². The van der Waals surface area contributed by atoms with Gasteiger partial charge in [0.25, 0.3) is 0 Å². The first-order valence-corrected chi connectivity index (χ1v) is 18.6. The molecule has 1 aromatic rings. The fraction of sp³-hybridized carbons (Fsp3) is 0.550. The number of hydrogen-bond acceptors (Lipinski definition) is 1. The topological polar surface area (TPSA) is 17.1 Å². The van der Waals surface area contributed by atoms with Crippen LogP contribution in [-0.4, -0.2) is 24.2 Å². The molecule has 0 bridgehead atoms. The number of allylic oxidation sites excluding steroid dienone is 1. The van der Waals surface area contributed by atoms with E-state index in [0.29, 0.717) is 5.78 Å². The Kier molecular flexibility index (Phi) is 5.93. The fourth-order valence-electron chi connectivity index (χ4n) is 3.43. The van der Waals surface area contributed by atoms with Crippen LogP contribution in [0.1, 0.15) is 44.1 Å². The van der Waals surface area contributed by atoms with E-state index >= 15 is 0 Å². The van der Waals surface area contributed by atoms with Crippen molar-refractivity contribution >= 4 is 24.2 Å². The van der Waals surface area contributed by atoms with Gasteiger partial charge < -0.3 is 0 Å². The normalized spacial score (nSPS) is 23.1. The fourth-order valence-corrected chi connectivity index (χ4v) is 5.91. The minimum atomic E-state index is -2.15. The van der Waals surface area contributed by atoms with Gasteiger partial charge in [-0.25, -0.2) is 0 Å². The number of carbonyl (C=O) groups is 1. The summed E-state index contributed by atoms with van der Waals surface area (Å²) in [6.07, 6.45) is 7.09. The summed E-state index contributed by atoms with van der Waals surface area (Å²) in [6.45, 7) is 4.41. The van der Waals surface area contributed by atoms with Crippen molar-refractivity contribution in [3.63, 3.8) is 0 Å². The Labute approximate surface area is 140 Å². The predicted molar refractivity (Wildman–Crippen MR) is 97.8 cm³/mol. The number of carbonyl (C=O) groups excluding carboxylic acids is 1. The molecule has 0 N–H and O–H groups in total. The van der Waals surface area contributed by atoms with Crippen molar-refractivity contribution in [1.82, 2.24) is 0 Å². The second-order valence-electron chi connectivity index (χ2n) is 7.96. The summed E-state index contributed by atoms with van der Waals surface area (Å²) in [5, 5.41) is 0. The van der Waals surface area contributed by atoms with Crippen molar-refractivity contribution < 1.29 is 4.79 Å². The van der Waals surface area contributed by atoms with Crippen LogP contribution in [0.2, 0.25) is 14.8 Å². The third kappa shape index (κ3) is 4.47. The monoisotopic (exact) mass is 406 g/mol. The molecule has 0 saturated heterocycles. The second kappa shape index (κ2) is 7.33. The molecule has 1 fully saturated rings. The van der Waals surface area contributed by atoms with Gasteiger partial charge in [-0.1, -0.05) is 0 Å². The Morgan fingerprint density at radius 2 is 1.82 bits per heavy atom. The van der Waals surface area contributed by atoms with Gasteiger partial charge in [-0.3, -0.25) is 0 Å². The van der Waals surface area contributed by atoms with Crippen LogP contribution in [0.15, 0.2) is 40.5 Å². The summed E-state index contributed by atoms with van der Waals surface area (Å²) in [7, 11) is 0. The summed E-state index contributed by atoms with van der Waals surface area (Å²) < 4.78 is 1.42. The third-order valence-electron chi connectivity index (χ3n) is 5.15. The quantitative estimate of drug-likeness (QED) is 0.462. The van der Waals surface area contributed by atoms with E-state index < -0.39 is 18.4 Å². The van der Waals surface area contributed by atoms with Crippen LogP contribution in [0.3, 0.4) is 0 Å². The van der Waals surface area contributed by atoms with Gasteiger partial charge in [0.2, 0.25) is 0 Å². The molecule has 1 saturated carbocycles. The third-order valence-corrected chi connectivity index (χ3v) is 11.7. The molecule has 2 rings (SSSR count). The van der Waals surface area contributed by atoms with Gasteiger partial charge in [0.1, 0.15) is 0 Å². The van der Waals surface area contributed by atoms with Crippen LogP contribution < -0.4 is 0 Å². The van der Waals surface area contributed by atoms with Gasteiger partial charge in [-0.05, 0) is 0 Å². The zero-order valence-corrected chi connectivity index (χ0v) is 17.3. The first-order chi connectivity index (χ1) is 10.3. The molecular weight excluding hydrogens is 375 g/mol. The maximum atomic E-state index is 13.0. The second-order valence-corrected chi connectivity index (χ2v) is 22.8. The SMILES string of the molecule is C=[C](CC1(Cc2ccccc2)CCCCCC1=O)[Sn]([CH3])([CH3])[CH3]. The van der Waals surface area contributed by atoms with E-state index in [1.54, 1.807) is 0 Å². The summed E-state index contributed by atoms with van der Waals surface area (Å²) in [4.78, 5) is 20.2. The van der Waals surface area contributed by atoms with Crippen molar-refractivity contribution in [2.24, 2.45) is 5.41 Å². The van der Waals surface area contributed by atoms with Gasteiger partial charge in [0.15, 0.2) is 0 Å². The van der Waals surface area contributed by atoms with E-state index in [1.807, 2.05) is 0 Å². The van der Waals surface area contributed by atoms with Crippen LogP contribution in [0.5, 0.6) is 0 Å². The van der Waals surface area contributed by atoms with E-state index in [9.17, 15) is 4.79 Å². The molecule has 1 aliphatic rings. The summed E-state index contributed by atoms with van der Waals surface area (Å²) in [5.74, 6) is 0.491. The Morgan fingerprint density at radius 3 is 2.45 bits per heavy atom. The molecular formula is C20H30OSn. The van der Waals surface area contributed by atoms with Crippen molar-refractivity contribution in [1.29, 1.82) is 0 Å². The van der Waals surface area contributed by atoms with Crippen LogP contribution in [-0.2, 0) is 11.2 Å². The van der Waals surface area contributed by atoms with E-state index in [0.717, 1.165) is 32.1 Å². The van der Waals surface area contributed by atoms with Crippen molar-refractivity contribution in [3.8, 4) is 0 Å². The molecule has 2 heteroatoms. The Balaban J connectivity index is 2.31. The average Bonchev–Trinajstić information content (AvgIpc) is 2.62. The van der Waals surface area contributed by atoms with Crippen molar-refractivity contribution in [3.05, 3.63) is 46.1 Å². The van der Waals surface area contributed by atoms with Gasteiger partial charge in [-0.2, -0.15) is 0 Å². The van der Waals surface area contributed by atoms with Gasteiger partial charge in [0.05, 0.1) is 0 Å². The summed E-state index contributed by atoms with van der Waals surface area (Å²) in [6, 6.07) is 10.6. The van der Waals surface area contributed by atoms with Crippen LogP contribution in [0.25, 0.3) is 0 Å². The standard InChI is InChI=1S/C17H21O.3CH3.Sn/c1-2-12-17(13-8-4-7-11-16(17)18)14-15-9-5-3-6-10-15;;;;/h3,5-6,9-10H,1,4,7-8,11-14H2;3*1H3;. The molecule has 1 atom stereocenters. The van der Waals surface area contributed by atoms with Crippen LogP contribution >= 0.6 is 0 Å². The van der Waals surface area contributed by atoms with Crippen molar-refractivity contribution in [2.75, 3.05) is 0 Å². The molecule has 120 valence electrons. The zero-order chi connectivity index (χ0) is 16.2. The van der Waals surface area contributed by atoms with Gasteiger partial charge >= 0.3 is 140 Å². The number of hydrogen-bond donors (Lipinski definition) is 0. The van der Waals surface area contributed by atoms with E-state index in [4.69, 9.17) is 0 Å². The first kappa shape index (κ1) is 17.8. The molecule has 0 aliphatic heterocycles. The molecule has 1 aromatic carbocycles. The minimum absolute atomic E-state index is 0.181.